The van der Waals surface area contributed by atoms with Crippen LogP contribution in [0, 0.1) is 0 Å². The Bertz CT molecular complexity index is 1590. The molecule has 0 bridgehead atoms. The van der Waals surface area contributed by atoms with Gasteiger partial charge >= 0.3 is 39.5 Å². The quantitative estimate of drug-likeness (QED) is 0.0222. The Kier molecular flexibility index (Phi) is 56.7. The van der Waals surface area contributed by atoms with E-state index < -0.39 is 97.5 Å². The lowest BCUT2D eigenvalue weighted by Gasteiger charge is -2.21. The normalized spacial score (nSPS) is 14.2. The van der Waals surface area contributed by atoms with Gasteiger partial charge < -0.3 is 33.8 Å². The molecule has 3 N–H and O–H groups in total. The van der Waals surface area contributed by atoms with E-state index in [1.165, 1.54) is 141 Å². The molecule has 0 aliphatic carbocycles. The molecule has 0 aliphatic rings. The highest BCUT2D eigenvalue weighted by molar-refractivity contribution is 7.47. The molecule has 0 aromatic carbocycles. The van der Waals surface area contributed by atoms with Gasteiger partial charge in [-0.1, -0.05) is 272 Å². The van der Waals surface area contributed by atoms with Gasteiger partial charge in [0.2, 0.25) is 0 Å². The van der Waals surface area contributed by atoms with Crippen molar-refractivity contribution in [2.75, 3.05) is 39.6 Å². The Labute approximate surface area is 498 Å². The van der Waals surface area contributed by atoms with Crippen molar-refractivity contribution in [3.63, 3.8) is 0 Å². The molecule has 0 aromatic heterocycles. The van der Waals surface area contributed by atoms with Gasteiger partial charge in [0.1, 0.15) is 19.3 Å². The molecule has 2 unspecified atom stereocenters. The molecular weight excluding hydrogens is 1090 g/mol. The number of phosphoric ester groups is 2. The van der Waals surface area contributed by atoms with Gasteiger partial charge in [0.25, 0.3) is 0 Å². The van der Waals surface area contributed by atoms with Gasteiger partial charge in [0, 0.05) is 25.7 Å². The number of aliphatic hydroxyl groups excluding tert-OH is 1. The van der Waals surface area contributed by atoms with E-state index >= 15 is 0 Å². The average molecular weight is 1210 g/mol. The Morgan fingerprint density at radius 3 is 0.720 bits per heavy atom. The second-order valence-corrected chi connectivity index (χ2v) is 25.7. The molecule has 0 aliphatic heterocycles. The zero-order chi connectivity index (χ0) is 60.5. The first-order valence-electron chi connectivity index (χ1n) is 33.3. The zero-order valence-electron chi connectivity index (χ0n) is 52.5. The average Bonchev–Trinajstić information content (AvgIpc) is 3.45. The molecule has 82 heavy (non-hydrogen) atoms. The van der Waals surface area contributed by atoms with Crippen LogP contribution in [0.3, 0.4) is 0 Å². The number of hydrogen-bond donors (Lipinski definition) is 3. The maximum Gasteiger partial charge on any atom is 0.472 e. The molecule has 5 atom stereocenters. The SMILES string of the molecule is CCCCCCCCCCCCCCCCCC(=O)O[C@H](COC(=O)CCCCCCCCC)COP(=O)(O)OC[C@H](O)COP(=O)(O)OC[C@@H](COC(=O)CCCCCCCCCCCC)OC(=O)CCCCCCCCCCCC. The van der Waals surface area contributed by atoms with Gasteiger partial charge in [0.05, 0.1) is 26.4 Å². The largest absolute Gasteiger partial charge is 0.472 e. The second kappa shape index (κ2) is 58.1. The van der Waals surface area contributed by atoms with E-state index in [0.717, 1.165) is 103 Å². The van der Waals surface area contributed by atoms with Gasteiger partial charge in [-0.3, -0.25) is 37.3 Å². The first kappa shape index (κ1) is 80.1. The summed E-state index contributed by atoms with van der Waals surface area (Å²) in [6, 6.07) is 0. The van der Waals surface area contributed by atoms with Crippen molar-refractivity contribution in [1.29, 1.82) is 0 Å². The number of rotatable bonds is 64. The van der Waals surface area contributed by atoms with E-state index in [1.54, 1.807) is 0 Å². The van der Waals surface area contributed by atoms with Crippen molar-refractivity contribution in [2.24, 2.45) is 0 Å². The Morgan fingerprint density at radius 2 is 0.488 bits per heavy atom. The van der Waals surface area contributed by atoms with Crippen LogP contribution in [0.25, 0.3) is 0 Å². The minimum atomic E-state index is -4.94. The third kappa shape index (κ3) is 57.2. The molecule has 486 valence electrons. The van der Waals surface area contributed by atoms with Crippen LogP contribution in [0.2, 0.25) is 0 Å². The van der Waals surface area contributed by atoms with Gasteiger partial charge in [-0.15, -0.1) is 0 Å². The third-order valence-corrected chi connectivity index (χ3v) is 16.5. The van der Waals surface area contributed by atoms with E-state index in [9.17, 15) is 43.2 Å². The summed E-state index contributed by atoms with van der Waals surface area (Å²) in [7, 11) is -9.88. The smallest absolute Gasteiger partial charge is 0.462 e. The molecule has 0 fully saturated rings. The van der Waals surface area contributed by atoms with Gasteiger partial charge in [-0.25, -0.2) is 9.13 Å². The fraction of sp³-hybridized carbons (Fsp3) is 0.937. The maximum atomic E-state index is 12.9. The summed E-state index contributed by atoms with van der Waals surface area (Å²) in [6.45, 7) is 4.84. The molecule has 0 heterocycles. The lowest BCUT2D eigenvalue weighted by molar-refractivity contribution is -0.161. The molecule has 0 saturated heterocycles. The van der Waals surface area contributed by atoms with Crippen molar-refractivity contribution in [2.45, 2.75) is 341 Å². The van der Waals surface area contributed by atoms with E-state index in [2.05, 4.69) is 27.7 Å². The summed E-state index contributed by atoms with van der Waals surface area (Å²) >= 11 is 0. The molecule has 0 amide bonds. The van der Waals surface area contributed by atoms with Crippen LogP contribution in [0.15, 0.2) is 0 Å². The maximum absolute atomic E-state index is 12.9. The van der Waals surface area contributed by atoms with E-state index in [-0.39, 0.29) is 25.7 Å². The van der Waals surface area contributed by atoms with E-state index in [1.807, 2.05) is 0 Å². The van der Waals surface area contributed by atoms with Gasteiger partial charge in [0.15, 0.2) is 12.2 Å². The van der Waals surface area contributed by atoms with Crippen molar-refractivity contribution in [3.05, 3.63) is 0 Å². The van der Waals surface area contributed by atoms with Crippen molar-refractivity contribution in [1.82, 2.24) is 0 Å². The molecule has 0 aromatic rings. The molecule has 19 heteroatoms. The van der Waals surface area contributed by atoms with Crippen LogP contribution in [0.5, 0.6) is 0 Å². The van der Waals surface area contributed by atoms with E-state index in [0.29, 0.717) is 25.7 Å². The molecule has 0 spiro atoms. The third-order valence-electron chi connectivity index (χ3n) is 14.6. The Balaban J connectivity index is 5.17. The Morgan fingerprint density at radius 1 is 0.293 bits per heavy atom. The number of aliphatic hydroxyl groups is 1. The lowest BCUT2D eigenvalue weighted by atomic mass is 10.0. The van der Waals surface area contributed by atoms with Crippen LogP contribution in [0.4, 0.5) is 0 Å². The summed E-state index contributed by atoms with van der Waals surface area (Å²) in [4.78, 5) is 72.0. The molecule has 17 nitrogen and oxygen atoms in total. The van der Waals surface area contributed by atoms with Crippen LogP contribution in [-0.4, -0.2) is 96.7 Å². The van der Waals surface area contributed by atoms with Crippen LogP contribution in [-0.2, 0) is 65.4 Å². The number of unbranched alkanes of at least 4 members (excludes halogenated alkanes) is 38. The zero-order valence-corrected chi connectivity index (χ0v) is 54.2. The molecular formula is C63H122O17P2. The highest BCUT2D eigenvalue weighted by atomic mass is 31.2. The number of esters is 4. The van der Waals surface area contributed by atoms with Crippen LogP contribution < -0.4 is 0 Å². The standard InChI is InChI=1S/C63H122O17P2/c1-5-9-13-17-21-24-27-28-29-30-31-34-38-42-46-50-63(68)79-58(53-73-60(65)47-43-39-35-20-16-12-8-4)55-77-81(69,70)75-51-57(64)52-76-82(71,72)78-56-59(80-62(67)49-45-41-37-33-26-23-19-15-11-7-3)54-74-61(66)48-44-40-36-32-25-22-18-14-10-6-2/h57-59,64H,5-56H2,1-4H3,(H,69,70)(H,71,72)/t57-,58+,59+/m0/s1. The van der Waals surface area contributed by atoms with Crippen LogP contribution >= 0.6 is 15.6 Å². The number of hydrogen-bond acceptors (Lipinski definition) is 15. The lowest BCUT2D eigenvalue weighted by Crippen LogP contribution is -2.30. The Hall–Kier alpha value is -1.94. The summed E-state index contributed by atoms with van der Waals surface area (Å²) in [5, 5.41) is 10.5. The number of carbonyl (C=O) groups is 4. The minimum absolute atomic E-state index is 0.107. The van der Waals surface area contributed by atoms with Gasteiger partial charge in [-0.2, -0.15) is 0 Å². The predicted octanol–water partition coefficient (Wildman–Crippen LogP) is 17.5. The second-order valence-electron chi connectivity index (χ2n) is 22.8. The number of ether oxygens (including phenoxy) is 4. The predicted molar refractivity (Wildman–Crippen MR) is 326 cm³/mol. The van der Waals surface area contributed by atoms with Crippen molar-refractivity contribution >= 4 is 39.5 Å². The minimum Gasteiger partial charge on any atom is -0.462 e. The molecule has 0 rings (SSSR count). The monoisotopic (exact) mass is 1210 g/mol. The first-order chi connectivity index (χ1) is 39.7. The van der Waals surface area contributed by atoms with E-state index in [4.69, 9.17) is 37.0 Å². The van der Waals surface area contributed by atoms with Crippen molar-refractivity contribution < 1.29 is 80.2 Å². The van der Waals surface area contributed by atoms with Gasteiger partial charge in [-0.05, 0) is 25.7 Å². The summed E-state index contributed by atoms with van der Waals surface area (Å²) < 4.78 is 67.8. The number of carbonyl (C=O) groups excluding carboxylic acids is 4. The topological polar surface area (TPSA) is 237 Å². The summed E-state index contributed by atoms with van der Waals surface area (Å²) in [5.74, 6) is -2.14. The summed E-state index contributed by atoms with van der Waals surface area (Å²) in [5.41, 5.74) is 0. The number of phosphoric acid groups is 2. The fourth-order valence-electron chi connectivity index (χ4n) is 9.46. The first-order valence-corrected chi connectivity index (χ1v) is 36.3. The van der Waals surface area contributed by atoms with Crippen molar-refractivity contribution in [3.8, 4) is 0 Å². The molecule has 0 radical (unpaired) electrons. The summed E-state index contributed by atoms with van der Waals surface area (Å²) in [6.07, 6.45) is 43.1. The molecule has 0 saturated carbocycles. The van der Waals surface area contributed by atoms with Crippen LogP contribution in [0.1, 0.15) is 323 Å². The fourth-order valence-corrected chi connectivity index (χ4v) is 11.0. The highest BCUT2D eigenvalue weighted by Gasteiger charge is 2.30. The highest BCUT2D eigenvalue weighted by Crippen LogP contribution is 2.45.